The number of hydrogen-bond donors (Lipinski definition) is 0. The molecule has 0 radical (unpaired) electrons. The van der Waals surface area contributed by atoms with Crippen LogP contribution >= 0.6 is 0 Å². The largest absolute Gasteiger partial charge is 0.309 e. The molecule has 0 aliphatic rings. The second kappa shape index (κ2) is 23.6. The number of nitrogens with zero attached hydrogens (tertiary/aromatic N) is 11. The second-order valence-corrected chi connectivity index (χ2v) is 22.0. The average molecular weight is 1170 g/mol. The van der Waals surface area contributed by atoms with Gasteiger partial charge in [0.2, 0.25) is 0 Å². The van der Waals surface area contributed by atoms with Crippen molar-refractivity contribution in [1.82, 2.24) is 54.4 Å². The van der Waals surface area contributed by atoms with Crippen molar-refractivity contribution in [3.8, 4) is 142 Å². The Bertz CT molecular complexity index is 4900. The van der Waals surface area contributed by atoms with Gasteiger partial charge in [-0.1, -0.05) is 267 Å². The van der Waals surface area contributed by atoms with Crippen LogP contribution < -0.4 is 0 Å². The summed E-state index contributed by atoms with van der Waals surface area (Å²) in [5.74, 6) is 4.44. The first kappa shape index (κ1) is 53.8. The van der Waals surface area contributed by atoms with Crippen LogP contribution in [0.25, 0.3) is 164 Å². The number of rotatable bonds is 13. The van der Waals surface area contributed by atoms with E-state index in [1.54, 1.807) is 0 Å². The number of hydrogen-bond acceptors (Lipinski definition) is 10. The van der Waals surface area contributed by atoms with Crippen molar-refractivity contribution in [2.75, 3.05) is 0 Å². The van der Waals surface area contributed by atoms with Crippen LogP contribution in [0.4, 0.5) is 0 Å². The standard InChI is InChI=1S/C80H51N11/c1-9-25-52(26-10-1)66-50-67(53-27-11-2-12-28-53)83-78(82-66)60-43-46-70(65(47-60)69-51-68(54-29-13-3-14-30-54)81-73(84-69)55-31-15-4-16-32-55)91-71-48-61(79-87-74(56-33-17-5-18-34-56)85-75(88-79)57-35-19-6-20-36-57)41-44-63(71)64-45-42-62(49-72(64)91)80-89-76(58-37-21-7-22-38-58)86-77(90-80)59-39-23-8-24-40-59/h1-51H. The Hall–Kier alpha value is -12.6. The molecule has 0 bridgehead atoms. The molecule has 0 saturated carbocycles. The number of aromatic nitrogens is 11. The Labute approximate surface area is 524 Å². The molecule has 0 unspecified atom stereocenters. The van der Waals surface area contributed by atoms with Crippen LogP contribution in [0.3, 0.4) is 0 Å². The van der Waals surface area contributed by atoms with Gasteiger partial charge in [0, 0.05) is 77.5 Å². The van der Waals surface area contributed by atoms with Crippen LogP contribution in [-0.2, 0) is 0 Å². The van der Waals surface area contributed by atoms with Crippen LogP contribution in [0.2, 0.25) is 0 Å². The highest BCUT2D eigenvalue weighted by Gasteiger charge is 2.24. The summed E-state index contributed by atoms with van der Waals surface area (Å²) in [5.41, 5.74) is 16.1. The summed E-state index contributed by atoms with van der Waals surface area (Å²) in [5, 5.41) is 1.99. The molecule has 0 fully saturated rings. The van der Waals surface area contributed by atoms with Crippen molar-refractivity contribution in [2.24, 2.45) is 0 Å². The first-order valence-electron chi connectivity index (χ1n) is 30.0. The third-order valence-electron chi connectivity index (χ3n) is 16.1. The van der Waals surface area contributed by atoms with Gasteiger partial charge in [-0.15, -0.1) is 0 Å². The van der Waals surface area contributed by atoms with Gasteiger partial charge in [-0.05, 0) is 42.5 Å². The predicted octanol–water partition coefficient (Wildman–Crippen LogP) is 18.7. The highest BCUT2D eigenvalue weighted by atomic mass is 15.1. The molecular weight excluding hydrogens is 1110 g/mol. The van der Waals surface area contributed by atoms with Crippen LogP contribution in [0.5, 0.6) is 0 Å². The Morgan fingerprint density at radius 2 is 0.418 bits per heavy atom. The van der Waals surface area contributed by atoms with Crippen molar-refractivity contribution >= 4 is 21.8 Å². The van der Waals surface area contributed by atoms with Gasteiger partial charge in [-0.2, -0.15) is 0 Å². The first-order chi connectivity index (χ1) is 45.1. The zero-order valence-electron chi connectivity index (χ0n) is 48.9. The molecule has 0 aliphatic heterocycles. The van der Waals surface area contributed by atoms with E-state index >= 15 is 0 Å². The maximum Gasteiger partial charge on any atom is 0.164 e. The highest BCUT2D eigenvalue weighted by Crippen LogP contribution is 2.42. The lowest BCUT2D eigenvalue weighted by molar-refractivity contribution is 1.07. The molecule has 0 saturated heterocycles. The molecule has 426 valence electrons. The Morgan fingerprint density at radius 1 is 0.176 bits per heavy atom. The van der Waals surface area contributed by atoms with E-state index < -0.39 is 0 Å². The minimum Gasteiger partial charge on any atom is -0.309 e. The zero-order valence-corrected chi connectivity index (χ0v) is 48.9. The van der Waals surface area contributed by atoms with Gasteiger partial charge >= 0.3 is 0 Å². The highest BCUT2D eigenvalue weighted by molar-refractivity contribution is 6.11. The third kappa shape index (κ3) is 10.7. The molecule has 11 nitrogen and oxygen atoms in total. The molecule has 0 atom stereocenters. The summed E-state index contributed by atoms with van der Waals surface area (Å²) in [6, 6.07) is 105. The van der Waals surface area contributed by atoms with Gasteiger partial charge in [-0.25, -0.2) is 49.8 Å². The normalized spacial score (nSPS) is 11.3. The average Bonchev–Trinajstić information content (AvgIpc) is 1.63. The topological polar surface area (TPSA) is 134 Å². The molecule has 0 amide bonds. The molecule has 16 rings (SSSR count). The van der Waals surface area contributed by atoms with E-state index in [1.807, 2.05) is 194 Å². The van der Waals surface area contributed by atoms with E-state index in [4.69, 9.17) is 49.8 Å². The lowest BCUT2D eigenvalue weighted by Gasteiger charge is -2.18. The molecule has 11 aromatic carbocycles. The van der Waals surface area contributed by atoms with Crippen LogP contribution in [0.15, 0.2) is 309 Å². The fourth-order valence-corrected chi connectivity index (χ4v) is 11.7. The van der Waals surface area contributed by atoms with Crippen LogP contribution in [0, 0.1) is 0 Å². The summed E-state index contributed by atoms with van der Waals surface area (Å²) in [6.45, 7) is 0. The van der Waals surface area contributed by atoms with E-state index in [2.05, 4.69) is 120 Å². The summed E-state index contributed by atoms with van der Waals surface area (Å²) in [6.07, 6.45) is 0. The van der Waals surface area contributed by atoms with Gasteiger partial charge in [-0.3, -0.25) is 0 Å². The van der Waals surface area contributed by atoms with Crippen molar-refractivity contribution in [2.45, 2.75) is 0 Å². The van der Waals surface area contributed by atoms with Crippen molar-refractivity contribution in [3.63, 3.8) is 0 Å². The van der Waals surface area contributed by atoms with Crippen LogP contribution in [0.1, 0.15) is 0 Å². The molecule has 0 N–H and O–H groups in total. The summed E-state index contributed by atoms with van der Waals surface area (Å²) < 4.78 is 2.33. The lowest BCUT2D eigenvalue weighted by Crippen LogP contribution is -2.03. The molecule has 91 heavy (non-hydrogen) atoms. The van der Waals surface area contributed by atoms with E-state index in [1.165, 1.54) is 0 Å². The van der Waals surface area contributed by atoms with Gasteiger partial charge in [0.15, 0.2) is 46.6 Å². The quantitative estimate of drug-likeness (QED) is 0.110. The Kier molecular flexibility index (Phi) is 14.0. The van der Waals surface area contributed by atoms with Gasteiger partial charge in [0.05, 0.1) is 39.5 Å². The SMILES string of the molecule is c1ccc(-c2cc(-c3ccccc3)nc(-c3ccc(-n4c5cc(-c6nc(-c7ccccc7)nc(-c7ccccc7)n6)ccc5c5ccc(-c6nc(-c7ccccc7)nc(-c7ccccc7)n6)cc54)c(-c4cc(-c5ccccc5)nc(-c5ccccc5)n4)c3)n2)cc1. The van der Waals surface area contributed by atoms with Gasteiger partial charge < -0.3 is 4.57 Å². The first-order valence-corrected chi connectivity index (χ1v) is 30.0. The Morgan fingerprint density at radius 3 is 0.747 bits per heavy atom. The molecule has 0 spiro atoms. The molecule has 5 aromatic heterocycles. The lowest BCUT2D eigenvalue weighted by atomic mass is 10.0. The van der Waals surface area contributed by atoms with E-state index in [0.717, 1.165) is 111 Å². The van der Waals surface area contributed by atoms with Crippen LogP contribution in [-0.4, -0.2) is 54.4 Å². The van der Waals surface area contributed by atoms with E-state index in [9.17, 15) is 0 Å². The van der Waals surface area contributed by atoms with Gasteiger partial charge in [0.25, 0.3) is 0 Å². The Balaban J connectivity index is 0.994. The van der Waals surface area contributed by atoms with E-state index in [-0.39, 0.29) is 0 Å². The molecular formula is C80H51N11. The summed E-state index contributed by atoms with van der Waals surface area (Å²) in [7, 11) is 0. The van der Waals surface area contributed by atoms with E-state index in [0.29, 0.717) is 52.3 Å². The number of benzene rings is 11. The summed E-state index contributed by atoms with van der Waals surface area (Å²) >= 11 is 0. The molecule has 11 heteroatoms. The fourth-order valence-electron chi connectivity index (χ4n) is 11.7. The predicted molar refractivity (Wildman–Crippen MR) is 364 cm³/mol. The van der Waals surface area contributed by atoms with Gasteiger partial charge in [0.1, 0.15) is 0 Å². The summed E-state index contributed by atoms with van der Waals surface area (Å²) in [4.78, 5) is 52.7. The number of fused-ring (bicyclic) bond motifs is 3. The maximum absolute atomic E-state index is 5.56. The second-order valence-electron chi connectivity index (χ2n) is 22.0. The van der Waals surface area contributed by atoms with Crippen molar-refractivity contribution in [3.05, 3.63) is 309 Å². The third-order valence-corrected chi connectivity index (χ3v) is 16.1. The maximum atomic E-state index is 5.56. The minimum absolute atomic E-state index is 0.523. The van der Waals surface area contributed by atoms with Crippen molar-refractivity contribution < 1.29 is 0 Å². The zero-order chi connectivity index (χ0) is 60.5. The smallest absolute Gasteiger partial charge is 0.164 e. The van der Waals surface area contributed by atoms with Crippen molar-refractivity contribution in [1.29, 1.82) is 0 Å². The minimum atomic E-state index is 0.523. The fraction of sp³-hybridized carbons (Fsp3) is 0. The molecule has 0 aliphatic carbocycles. The monoisotopic (exact) mass is 1170 g/mol. The molecule has 5 heterocycles. The molecule has 16 aromatic rings.